The minimum absolute atomic E-state index is 0.768. The molecule has 0 aliphatic carbocycles. The van der Waals surface area contributed by atoms with Gasteiger partial charge in [-0.25, -0.2) is 0 Å². The summed E-state index contributed by atoms with van der Waals surface area (Å²) in [6.07, 6.45) is 3.12. The highest BCUT2D eigenvalue weighted by Gasteiger charge is 1.99. The highest BCUT2D eigenvalue weighted by atomic mass is 14.5. The molecule has 0 amide bonds. The molecule has 0 spiro atoms. The number of hydrogen-bond donors (Lipinski definition) is 1. The minimum atomic E-state index is 0.768. The smallest absolute Gasteiger partial charge is 0.0303 e. The summed E-state index contributed by atoms with van der Waals surface area (Å²) in [7, 11) is 0. The molecule has 0 saturated heterocycles. The summed E-state index contributed by atoms with van der Waals surface area (Å²) in [6.45, 7) is 7.15. The molecule has 1 rings (SSSR count). The second kappa shape index (κ2) is 6.35. The van der Waals surface area contributed by atoms with Crippen LogP contribution in [0.2, 0.25) is 0 Å². The van der Waals surface area contributed by atoms with Gasteiger partial charge in [0.2, 0.25) is 0 Å². The van der Waals surface area contributed by atoms with Crippen LogP contribution in [0.4, 0.5) is 0 Å². The van der Waals surface area contributed by atoms with Gasteiger partial charge in [-0.15, -0.1) is 0 Å². The minimum Gasteiger partial charge on any atom is -0.330 e. The van der Waals surface area contributed by atoms with Crippen molar-refractivity contribution in [2.45, 2.75) is 40.0 Å². The largest absolute Gasteiger partial charge is 0.330 e. The van der Waals surface area contributed by atoms with E-state index in [4.69, 9.17) is 5.73 Å². The number of aryl methyl sites for hydroxylation is 3. The Hall–Kier alpha value is -1.26. The van der Waals surface area contributed by atoms with Crippen molar-refractivity contribution in [3.8, 4) is 11.8 Å². The molecule has 1 aromatic carbocycles. The summed E-state index contributed by atoms with van der Waals surface area (Å²) in [5, 5.41) is 0. The predicted molar refractivity (Wildman–Crippen MR) is 70.4 cm³/mol. The first-order chi connectivity index (χ1) is 7.65. The van der Waals surface area contributed by atoms with Gasteiger partial charge in [0.25, 0.3) is 0 Å². The van der Waals surface area contributed by atoms with Gasteiger partial charge in [0.05, 0.1) is 0 Å². The first-order valence-electron chi connectivity index (χ1n) is 5.92. The van der Waals surface area contributed by atoms with Crippen LogP contribution in [0.3, 0.4) is 0 Å². The van der Waals surface area contributed by atoms with Gasteiger partial charge < -0.3 is 5.73 Å². The van der Waals surface area contributed by atoms with Crippen LogP contribution >= 0.6 is 0 Å². The first kappa shape index (κ1) is 12.8. The number of rotatable bonds is 3. The molecule has 1 aromatic rings. The van der Waals surface area contributed by atoms with Crippen LogP contribution in [0, 0.1) is 32.6 Å². The van der Waals surface area contributed by atoms with E-state index < -0.39 is 0 Å². The fourth-order valence-corrected chi connectivity index (χ4v) is 1.89. The van der Waals surface area contributed by atoms with Gasteiger partial charge in [0, 0.05) is 12.0 Å². The standard InChI is InChI=1S/C15H21N/c1-12-10-13(2)15(14(3)11-12)8-6-4-5-7-9-16/h10-11H,4-5,7,9,16H2,1-3H3. The lowest BCUT2D eigenvalue weighted by molar-refractivity contribution is 0.768. The number of unbranched alkanes of at least 4 members (excludes halogenated alkanes) is 2. The summed E-state index contributed by atoms with van der Waals surface area (Å²) in [5.41, 5.74) is 10.5. The number of nitrogens with two attached hydrogens (primary N) is 1. The molecule has 0 bridgehead atoms. The van der Waals surface area contributed by atoms with E-state index in [-0.39, 0.29) is 0 Å². The Kier molecular flexibility index (Phi) is 5.08. The van der Waals surface area contributed by atoms with Gasteiger partial charge in [0.15, 0.2) is 0 Å². The molecule has 0 heterocycles. The molecule has 1 heteroatoms. The van der Waals surface area contributed by atoms with Crippen LogP contribution in [0.25, 0.3) is 0 Å². The molecule has 1 nitrogen and oxygen atoms in total. The third-order valence-corrected chi connectivity index (χ3v) is 2.65. The predicted octanol–water partition coefficient (Wildman–Crippen LogP) is 3.09. The summed E-state index contributed by atoms with van der Waals surface area (Å²) in [6, 6.07) is 4.38. The third-order valence-electron chi connectivity index (χ3n) is 2.65. The van der Waals surface area contributed by atoms with E-state index in [1.165, 1.54) is 22.3 Å². The van der Waals surface area contributed by atoms with Crippen molar-refractivity contribution in [2.75, 3.05) is 6.54 Å². The topological polar surface area (TPSA) is 26.0 Å². The van der Waals surface area contributed by atoms with E-state index in [1.807, 2.05) is 0 Å². The Morgan fingerprint density at radius 1 is 1.06 bits per heavy atom. The zero-order valence-corrected chi connectivity index (χ0v) is 10.6. The van der Waals surface area contributed by atoms with Crippen molar-refractivity contribution in [1.29, 1.82) is 0 Å². The van der Waals surface area contributed by atoms with Crippen LogP contribution in [-0.2, 0) is 0 Å². The van der Waals surface area contributed by atoms with Crippen LogP contribution < -0.4 is 5.73 Å². The molecule has 0 saturated carbocycles. The molecule has 0 fully saturated rings. The third kappa shape index (κ3) is 3.72. The van der Waals surface area contributed by atoms with E-state index in [2.05, 4.69) is 44.7 Å². The molecule has 0 aromatic heterocycles. The lowest BCUT2D eigenvalue weighted by Gasteiger charge is -2.04. The Morgan fingerprint density at radius 2 is 1.69 bits per heavy atom. The Bertz CT molecular complexity index is 384. The van der Waals surface area contributed by atoms with Crippen molar-refractivity contribution in [2.24, 2.45) is 5.73 Å². The summed E-state index contributed by atoms with van der Waals surface area (Å²) < 4.78 is 0. The zero-order valence-electron chi connectivity index (χ0n) is 10.6. The Morgan fingerprint density at radius 3 is 2.25 bits per heavy atom. The lowest BCUT2D eigenvalue weighted by Crippen LogP contribution is -1.97. The molecular weight excluding hydrogens is 194 g/mol. The summed E-state index contributed by atoms with van der Waals surface area (Å²) in [4.78, 5) is 0. The van der Waals surface area contributed by atoms with Gasteiger partial charge in [-0.3, -0.25) is 0 Å². The van der Waals surface area contributed by atoms with Gasteiger partial charge in [-0.1, -0.05) is 29.5 Å². The second-order valence-corrected chi connectivity index (χ2v) is 4.32. The molecule has 2 N–H and O–H groups in total. The lowest BCUT2D eigenvalue weighted by atomic mass is 10.00. The Labute approximate surface area is 99.1 Å². The summed E-state index contributed by atoms with van der Waals surface area (Å²) >= 11 is 0. The Balaban J connectivity index is 2.73. The zero-order chi connectivity index (χ0) is 12.0. The van der Waals surface area contributed by atoms with E-state index in [0.717, 1.165) is 25.8 Å². The molecule has 86 valence electrons. The molecule has 0 radical (unpaired) electrons. The van der Waals surface area contributed by atoms with Crippen molar-refractivity contribution in [3.63, 3.8) is 0 Å². The van der Waals surface area contributed by atoms with E-state index in [9.17, 15) is 0 Å². The monoisotopic (exact) mass is 215 g/mol. The second-order valence-electron chi connectivity index (χ2n) is 4.32. The maximum atomic E-state index is 5.44. The molecular formula is C15H21N. The van der Waals surface area contributed by atoms with E-state index >= 15 is 0 Å². The van der Waals surface area contributed by atoms with Crippen molar-refractivity contribution in [3.05, 3.63) is 34.4 Å². The van der Waals surface area contributed by atoms with Crippen LogP contribution in [-0.4, -0.2) is 6.54 Å². The van der Waals surface area contributed by atoms with E-state index in [0.29, 0.717) is 0 Å². The fraction of sp³-hybridized carbons (Fsp3) is 0.467. The molecule has 16 heavy (non-hydrogen) atoms. The molecule has 0 atom stereocenters. The highest BCUT2D eigenvalue weighted by molar-refractivity contribution is 5.48. The fourth-order valence-electron chi connectivity index (χ4n) is 1.89. The maximum Gasteiger partial charge on any atom is 0.0303 e. The average molecular weight is 215 g/mol. The van der Waals surface area contributed by atoms with Gasteiger partial charge in [0.1, 0.15) is 0 Å². The normalized spacial score (nSPS) is 9.75. The summed E-state index contributed by atoms with van der Waals surface area (Å²) in [5.74, 6) is 6.51. The van der Waals surface area contributed by atoms with Gasteiger partial charge in [-0.2, -0.15) is 0 Å². The van der Waals surface area contributed by atoms with Crippen molar-refractivity contribution >= 4 is 0 Å². The highest BCUT2D eigenvalue weighted by Crippen LogP contribution is 2.14. The van der Waals surface area contributed by atoms with Crippen molar-refractivity contribution < 1.29 is 0 Å². The number of benzene rings is 1. The molecule has 0 unspecified atom stereocenters. The SMILES string of the molecule is Cc1cc(C)c(C#CCCCCN)c(C)c1. The van der Waals surface area contributed by atoms with E-state index in [1.54, 1.807) is 0 Å². The average Bonchev–Trinajstić information content (AvgIpc) is 2.20. The van der Waals surface area contributed by atoms with Crippen molar-refractivity contribution in [1.82, 2.24) is 0 Å². The van der Waals surface area contributed by atoms with Crippen LogP contribution in [0.15, 0.2) is 12.1 Å². The van der Waals surface area contributed by atoms with Gasteiger partial charge >= 0.3 is 0 Å². The van der Waals surface area contributed by atoms with Gasteiger partial charge in [-0.05, 0) is 51.3 Å². The van der Waals surface area contributed by atoms with Crippen LogP contribution in [0.5, 0.6) is 0 Å². The maximum absolute atomic E-state index is 5.44. The molecule has 0 aliphatic heterocycles. The van der Waals surface area contributed by atoms with Crippen LogP contribution in [0.1, 0.15) is 41.5 Å². The molecule has 0 aliphatic rings. The number of hydrogen-bond acceptors (Lipinski definition) is 1. The quantitative estimate of drug-likeness (QED) is 0.608. The first-order valence-corrected chi connectivity index (χ1v) is 5.92.